The van der Waals surface area contributed by atoms with Crippen LogP contribution in [0, 0.1) is 6.92 Å². The van der Waals surface area contributed by atoms with Gasteiger partial charge in [-0.3, -0.25) is 4.79 Å². The molecule has 4 nitrogen and oxygen atoms in total. The number of hydrogen-bond acceptors (Lipinski definition) is 4. The summed E-state index contributed by atoms with van der Waals surface area (Å²) in [5.41, 5.74) is 2.67. The molecule has 1 aliphatic heterocycles. The molecule has 1 amide bonds. The van der Waals surface area contributed by atoms with Crippen molar-refractivity contribution in [1.29, 1.82) is 0 Å². The molecule has 0 saturated carbocycles. The van der Waals surface area contributed by atoms with Crippen LogP contribution in [-0.2, 0) is 4.79 Å². The van der Waals surface area contributed by atoms with Crippen LogP contribution in [0.15, 0.2) is 45.8 Å². The first-order chi connectivity index (χ1) is 12.0. The minimum atomic E-state index is -0.222. The molecule has 0 aliphatic carbocycles. The Morgan fingerprint density at radius 1 is 1.32 bits per heavy atom. The van der Waals surface area contributed by atoms with Gasteiger partial charge in [0.15, 0.2) is 5.50 Å². The number of anilines is 1. The highest BCUT2D eigenvalue weighted by Crippen LogP contribution is 2.33. The number of halogens is 2. The summed E-state index contributed by atoms with van der Waals surface area (Å²) in [4.78, 5) is 12.9. The van der Waals surface area contributed by atoms with Gasteiger partial charge in [-0.05, 0) is 70.4 Å². The number of methoxy groups -OCH3 is 1. The fourth-order valence-corrected chi connectivity index (χ4v) is 4.18. The Morgan fingerprint density at radius 3 is 2.80 bits per heavy atom. The zero-order valence-corrected chi connectivity index (χ0v) is 16.8. The number of amides is 1. The third kappa shape index (κ3) is 4.32. The van der Waals surface area contributed by atoms with Crippen molar-refractivity contribution in [2.75, 3.05) is 12.4 Å². The molecular weight excluding hydrogens is 424 g/mol. The Kier molecular flexibility index (Phi) is 5.61. The van der Waals surface area contributed by atoms with Gasteiger partial charge in [-0.25, -0.2) is 0 Å². The average Bonchev–Trinajstić information content (AvgIpc) is 2.90. The van der Waals surface area contributed by atoms with Crippen molar-refractivity contribution in [3.05, 3.63) is 61.9 Å². The lowest BCUT2D eigenvalue weighted by Crippen LogP contribution is -2.31. The highest BCUT2D eigenvalue weighted by Gasteiger charge is 2.27. The summed E-state index contributed by atoms with van der Waals surface area (Å²) in [6.07, 6.45) is 1.86. The smallest absolute Gasteiger partial charge is 0.260 e. The zero-order valence-electron chi connectivity index (χ0n) is 13.6. The van der Waals surface area contributed by atoms with Gasteiger partial charge in [-0.2, -0.15) is 0 Å². The molecule has 7 heteroatoms. The first-order valence-corrected chi connectivity index (χ1v) is 9.57. The predicted octanol–water partition coefficient (Wildman–Crippen LogP) is 5.02. The van der Waals surface area contributed by atoms with Crippen LogP contribution >= 0.6 is 39.3 Å². The average molecular weight is 440 g/mol. The second kappa shape index (κ2) is 7.72. The second-order valence-corrected chi connectivity index (χ2v) is 7.92. The largest absolute Gasteiger partial charge is 0.496 e. The molecular formula is C18H16BrClN2O2S. The van der Waals surface area contributed by atoms with E-state index in [1.807, 2.05) is 49.4 Å². The number of ether oxygens (including phenoxy) is 1. The standard InChI is InChI=1S/C18H16BrClN2O2S/c1-10-7-12(20)4-5-14(10)21-18-22-17(23)16(25-18)9-11-3-6-15(24-2)13(19)8-11/h3-9,18,21H,1-2H3,(H,22,23)/b16-9-. The molecule has 0 bridgehead atoms. The Morgan fingerprint density at radius 2 is 2.12 bits per heavy atom. The number of hydrogen-bond donors (Lipinski definition) is 2. The topological polar surface area (TPSA) is 50.4 Å². The van der Waals surface area contributed by atoms with Gasteiger partial charge in [0.05, 0.1) is 16.5 Å². The van der Waals surface area contributed by atoms with E-state index in [2.05, 4.69) is 26.6 Å². The van der Waals surface area contributed by atoms with E-state index in [4.69, 9.17) is 16.3 Å². The third-order valence-electron chi connectivity index (χ3n) is 3.68. The van der Waals surface area contributed by atoms with E-state index in [1.54, 1.807) is 7.11 Å². The van der Waals surface area contributed by atoms with E-state index in [9.17, 15) is 4.79 Å². The molecule has 1 fully saturated rings. The molecule has 1 unspecified atom stereocenters. The third-order valence-corrected chi connectivity index (χ3v) is 5.56. The van der Waals surface area contributed by atoms with Crippen LogP contribution in [-0.4, -0.2) is 18.5 Å². The first-order valence-electron chi connectivity index (χ1n) is 7.52. The Labute approximate surface area is 164 Å². The van der Waals surface area contributed by atoms with Gasteiger partial charge in [0.25, 0.3) is 5.91 Å². The molecule has 2 aromatic rings. The van der Waals surface area contributed by atoms with Crippen LogP contribution in [0.2, 0.25) is 5.02 Å². The predicted molar refractivity (Wildman–Crippen MR) is 108 cm³/mol. The maximum atomic E-state index is 12.2. The van der Waals surface area contributed by atoms with Gasteiger partial charge in [0.1, 0.15) is 5.75 Å². The highest BCUT2D eigenvalue weighted by molar-refractivity contribution is 9.10. The molecule has 0 aromatic heterocycles. The van der Waals surface area contributed by atoms with Crippen molar-refractivity contribution >= 4 is 57.0 Å². The van der Waals surface area contributed by atoms with Gasteiger partial charge in [0.2, 0.25) is 0 Å². The normalized spacial score (nSPS) is 18.3. The monoisotopic (exact) mass is 438 g/mol. The minimum Gasteiger partial charge on any atom is -0.496 e. The number of thioether (sulfide) groups is 1. The van der Waals surface area contributed by atoms with Crippen LogP contribution in [0.4, 0.5) is 5.69 Å². The first kappa shape index (κ1) is 18.2. The van der Waals surface area contributed by atoms with Crippen molar-refractivity contribution in [3.63, 3.8) is 0 Å². The van der Waals surface area contributed by atoms with E-state index < -0.39 is 0 Å². The lowest BCUT2D eigenvalue weighted by atomic mass is 10.2. The zero-order chi connectivity index (χ0) is 18.0. The molecule has 25 heavy (non-hydrogen) atoms. The quantitative estimate of drug-likeness (QED) is 0.657. The number of nitrogens with one attached hydrogen (secondary N) is 2. The Hall–Kier alpha value is -1.63. The molecule has 0 spiro atoms. The van der Waals surface area contributed by atoms with E-state index in [-0.39, 0.29) is 11.4 Å². The molecule has 0 radical (unpaired) electrons. The van der Waals surface area contributed by atoms with Crippen molar-refractivity contribution in [1.82, 2.24) is 5.32 Å². The molecule has 1 heterocycles. The molecule has 3 rings (SSSR count). The maximum Gasteiger partial charge on any atom is 0.260 e. The van der Waals surface area contributed by atoms with Gasteiger partial charge >= 0.3 is 0 Å². The van der Waals surface area contributed by atoms with Crippen LogP contribution in [0.25, 0.3) is 6.08 Å². The van der Waals surface area contributed by atoms with E-state index >= 15 is 0 Å². The lowest BCUT2D eigenvalue weighted by molar-refractivity contribution is -0.116. The van der Waals surface area contributed by atoms with Crippen molar-refractivity contribution in [3.8, 4) is 5.75 Å². The molecule has 130 valence electrons. The summed E-state index contributed by atoms with van der Waals surface area (Å²) in [6, 6.07) is 11.3. The highest BCUT2D eigenvalue weighted by atomic mass is 79.9. The number of aryl methyl sites for hydroxylation is 1. The number of carbonyl (C=O) groups is 1. The summed E-state index contributed by atoms with van der Waals surface area (Å²) < 4.78 is 6.07. The van der Waals surface area contributed by atoms with Crippen molar-refractivity contribution in [2.24, 2.45) is 0 Å². The number of rotatable bonds is 4. The SMILES string of the molecule is COc1ccc(/C=C2\SC(Nc3ccc(Cl)cc3C)NC2=O)cc1Br. The fourth-order valence-electron chi connectivity index (χ4n) is 2.42. The summed E-state index contributed by atoms with van der Waals surface area (Å²) >= 11 is 10.9. The van der Waals surface area contributed by atoms with Gasteiger partial charge < -0.3 is 15.4 Å². The van der Waals surface area contributed by atoms with E-state index in [0.717, 1.165) is 27.0 Å². The van der Waals surface area contributed by atoms with E-state index in [1.165, 1.54) is 11.8 Å². The Bertz CT molecular complexity index is 857. The molecule has 2 aromatic carbocycles. The maximum absolute atomic E-state index is 12.2. The minimum absolute atomic E-state index is 0.0962. The second-order valence-electron chi connectivity index (χ2n) is 5.48. The van der Waals surface area contributed by atoms with Crippen LogP contribution in [0.3, 0.4) is 0 Å². The molecule has 1 saturated heterocycles. The van der Waals surface area contributed by atoms with Crippen LogP contribution in [0.1, 0.15) is 11.1 Å². The van der Waals surface area contributed by atoms with Crippen LogP contribution in [0.5, 0.6) is 5.75 Å². The summed E-state index contributed by atoms with van der Waals surface area (Å²) in [5.74, 6) is 0.657. The molecule has 1 atom stereocenters. The van der Waals surface area contributed by atoms with Gasteiger partial charge in [0, 0.05) is 10.7 Å². The summed E-state index contributed by atoms with van der Waals surface area (Å²) in [7, 11) is 1.62. The van der Waals surface area contributed by atoms with Crippen molar-refractivity contribution < 1.29 is 9.53 Å². The van der Waals surface area contributed by atoms with Crippen LogP contribution < -0.4 is 15.4 Å². The fraction of sp³-hybridized carbons (Fsp3) is 0.167. The summed E-state index contributed by atoms with van der Waals surface area (Å²) in [5, 5.41) is 6.93. The number of benzene rings is 2. The number of carbonyl (C=O) groups excluding carboxylic acids is 1. The van der Waals surface area contributed by atoms with Gasteiger partial charge in [-0.15, -0.1) is 0 Å². The van der Waals surface area contributed by atoms with Crippen molar-refractivity contribution in [2.45, 2.75) is 12.4 Å². The molecule has 2 N–H and O–H groups in total. The Balaban J connectivity index is 1.74. The van der Waals surface area contributed by atoms with Gasteiger partial charge in [-0.1, -0.05) is 29.4 Å². The summed E-state index contributed by atoms with van der Waals surface area (Å²) in [6.45, 7) is 1.97. The molecule has 1 aliphatic rings. The lowest BCUT2D eigenvalue weighted by Gasteiger charge is -2.15. The van der Waals surface area contributed by atoms with E-state index in [0.29, 0.717) is 9.93 Å².